The van der Waals surface area contributed by atoms with Gasteiger partial charge in [0.2, 0.25) is 0 Å². The highest BCUT2D eigenvalue weighted by atomic mass is 32.2. The van der Waals surface area contributed by atoms with Crippen molar-refractivity contribution in [3.8, 4) is 0 Å². The minimum Gasteiger partial charge on any atom is -0.346 e. The van der Waals surface area contributed by atoms with E-state index in [1.807, 2.05) is 10.7 Å². The molecule has 0 saturated heterocycles. The van der Waals surface area contributed by atoms with Gasteiger partial charge in [0.1, 0.15) is 0 Å². The zero-order valence-corrected chi connectivity index (χ0v) is 22.0. The molecule has 2 aromatic heterocycles. The maximum atomic E-state index is 13.1. The Morgan fingerprint density at radius 1 is 1.08 bits per heavy atom. The monoisotopic (exact) mass is 548 g/mol. The largest absolute Gasteiger partial charge is 0.391 e. The van der Waals surface area contributed by atoms with Crippen molar-refractivity contribution in [3.63, 3.8) is 0 Å². The van der Waals surface area contributed by atoms with E-state index in [1.54, 1.807) is 25.1 Å². The van der Waals surface area contributed by atoms with E-state index in [-0.39, 0.29) is 41.9 Å². The second-order valence-corrected chi connectivity index (χ2v) is 12.7. The number of sulfone groups is 1. The zero-order valence-electron chi connectivity index (χ0n) is 21.2. The van der Waals surface area contributed by atoms with Crippen LogP contribution in [0.15, 0.2) is 41.4 Å². The number of amides is 1. The number of benzene rings is 1. The molecule has 2 fully saturated rings. The standard InChI is InChI=1S/C27H31F3N4O3S/c1-2-38(36,37)22-11-10-21(31-15-22)14-32-26(35)19-7-12-23-24(13-19)33-34(25(23)18-5-6-18)16-17-3-8-20(9-4-17)27(28,29)30/h7,10-13,15,17-18,20H,2-6,8-9,14,16H2,1H3,(H,32,35)/t17-,20-. The number of rotatable bonds is 8. The van der Waals surface area contributed by atoms with Crippen molar-refractivity contribution >= 4 is 26.6 Å². The van der Waals surface area contributed by atoms with Gasteiger partial charge < -0.3 is 5.32 Å². The summed E-state index contributed by atoms with van der Waals surface area (Å²) in [6.45, 7) is 2.31. The lowest BCUT2D eigenvalue weighted by atomic mass is 9.81. The lowest BCUT2D eigenvalue weighted by molar-refractivity contribution is -0.184. The van der Waals surface area contributed by atoms with Crippen LogP contribution in [0.1, 0.15) is 73.1 Å². The minimum atomic E-state index is -4.11. The molecular formula is C27H31F3N4O3S. The molecule has 0 atom stereocenters. The summed E-state index contributed by atoms with van der Waals surface area (Å²) in [5.74, 6) is -0.944. The first-order chi connectivity index (χ1) is 18.0. The first kappa shape index (κ1) is 26.6. The Kier molecular flexibility index (Phi) is 7.23. The number of carbonyl (C=O) groups is 1. The molecule has 2 aliphatic rings. The van der Waals surface area contributed by atoms with Gasteiger partial charge in [-0.25, -0.2) is 8.42 Å². The maximum Gasteiger partial charge on any atom is 0.391 e. The predicted octanol–water partition coefficient (Wildman–Crippen LogP) is 5.40. The fraction of sp³-hybridized carbons (Fsp3) is 0.519. The van der Waals surface area contributed by atoms with E-state index in [0.717, 1.165) is 23.9 Å². The summed E-state index contributed by atoms with van der Waals surface area (Å²) in [4.78, 5) is 17.1. The molecule has 0 radical (unpaired) electrons. The summed E-state index contributed by atoms with van der Waals surface area (Å²) in [6, 6.07) is 8.48. The van der Waals surface area contributed by atoms with Gasteiger partial charge in [0, 0.05) is 35.3 Å². The number of aromatic nitrogens is 3. The van der Waals surface area contributed by atoms with Crippen LogP contribution >= 0.6 is 0 Å². The molecule has 7 nitrogen and oxygen atoms in total. The van der Waals surface area contributed by atoms with Crippen LogP contribution in [0.5, 0.6) is 0 Å². The van der Waals surface area contributed by atoms with Crippen LogP contribution in [0.25, 0.3) is 10.9 Å². The average molecular weight is 549 g/mol. The second-order valence-electron chi connectivity index (χ2n) is 10.4. The fourth-order valence-corrected chi connectivity index (χ4v) is 6.10. The molecule has 1 aromatic carbocycles. The van der Waals surface area contributed by atoms with Crippen LogP contribution in [0.3, 0.4) is 0 Å². The van der Waals surface area contributed by atoms with Crippen molar-refractivity contribution < 1.29 is 26.4 Å². The highest BCUT2D eigenvalue weighted by Gasteiger charge is 2.41. The molecule has 0 bridgehead atoms. The number of nitrogens with zero attached hydrogens (tertiary/aromatic N) is 3. The minimum absolute atomic E-state index is 0.00928. The molecule has 1 amide bonds. The highest BCUT2D eigenvalue weighted by Crippen LogP contribution is 2.45. The molecule has 0 unspecified atom stereocenters. The van der Waals surface area contributed by atoms with Crippen LogP contribution in [0.4, 0.5) is 13.2 Å². The molecular weight excluding hydrogens is 517 g/mol. The lowest BCUT2D eigenvalue weighted by Crippen LogP contribution is -2.29. The first-order valence-corrected chi connectivity index (χ1v) is 14.7. The topological polar surface area (TPSA) is 94.0 Å². The number of halogens is 3. The molecule has 5 rings (SSSR count). The number of pyridine rings is 1. The Morgan fingerprint density at radius 2 is 1.82 bits per heavy atom. The molecule has 11 heteroatoms. The van der Waals surface area contributed by atoms with Crippen molar-refractivity contribution in [3.05, 3.63) is 53.5 Å². The van der Waals surface area contributed by atoms with E-state index in [0.29, 0.717) is 42.1 Å². The van der Waals surface area contributed by atoms with Crippen molar-refractivity contribution in [1.29, 1.82) is 0 Å². The van der Waals surface area contributed by atoms with Crippen molar-refractivity contribution in [2.75, 3.05) is 5.75 Å². The summed E-state index contributed by atoms with van der Waals surface area (Å²) in [5, 5.41) is 8.58. The Morgan fingerprint density at radius 3 is 2.42 bits per heavy atom. The van der Waals surface area contributed by atoms with Crippen molar-refractivity contribution in [1.82, 2.24) is 20.1 Å². The molecule has 0 aliphatic heterocycles. The van der Waals surface area contributed by atoms with E-state index in [4.69, 9.17) is 5.10 Å². The predicted molar refractivity (Wildman–Crippen MR) is 136 cm³/mol. The quantitative estimate of drug-likeness (QED) is 0.407. The van der Waals surface area contributed by atoms with Gasteiger partial charge in [-0.05, 0) is 68.7 Å². The van der Waals surface area contributed by atoms with E-state index in [2.05, 4.69) is 10.3 Å². The maximum absolute atomic E-state index is 13.1. The Balaban J connectivity index is 1.27. The van der Waals surface area contributed by atoms with Gasteiger partial charge >= 0.3 is 6.18 Å². The first-order valence-electron chi connectivity index (χ1n) is 13.1. The smallest absolute Gasteiger partial charge is 0.346 e. The summed E-state index contributed by atoms with van der Waals surface area (Å²) in [7, 11) is -3.34. The van der Waals surface area contributed by atoms with E-state index >= 15 is 0 Å². The molecule has 0 spiro atoms. The number of hydrogen-bond donors (Lipinski definition) is 1. The Labute approximate surface area is 219 Å². The van der Waals surface area contributed by atoms with Gasteiger partial charge in [-0.2, -0.15) is 18.3 Å². The number of carbonyl (C=O) groups excluding carboxylic acids is 1. The molecule has 2 aliphatic carbocycles. The third-order valence-corrected chi connectivity index (χ3v) is 9.43. The average Bonchev–Trinajstić information content (AvgIpc) is 3.67. The van der Waals surface area contributed by atoms with Gasteiger partial charge in [0.15, 0.2) is 9.84 Å². The summed E-state index contributed by atoms with van der Waals surface area (Å²) >= 11 is 0. The summed E-state index contributed by atoms with van der Waals surface area (Å²) in [6.07, 6.45) is 0.734. The highest BCUT2D eigenvalue weighted by molar-refractivity contribution is 7.91. The van der Waals surface area contributed by atoms with Gasteiger partial charge in [-0.15, -0.1) is 0 Å². The number of alkyl halides is 3. The summed E-state index contributed by atoms with van der Waals surface area (Å²) < 4.78 is 65.1. The third kappa shape index (κ3) is 5.72. The Hall–Kier alpha value is -2.95. The van der Waals surface area contributed by atoms with E-state index in [1.165, 1.54) is 12.3 Å². The molecule has 204 valence electrons. The van der Waals surface area contributed by atoms with Gasteiger partial charge in [-0.1, -0.05) is 13.0 Å². The third-order valence-electron chi connectivity index (χ3n) is 7.71. The number of fused-ring (bicyclic) bond motifs is 1. The normalized spacial score (nSPS) is 20.5. The molecule has 2 heterocycles. The molecule has 38 heavy (non-hydrogen) atoms. The summed E-state index contributed by atoms with van der Waals surface area (Å²) in [5.41, 5.74) is 2.81. The van der Waals surface area contributed by atoms with Gasteiger partial charge in [-0.3, -0.25) is 14.5 Å². The van der Waals surface area contributed by atoms with E-state index < -0.39 is 21.9 Å². The lowest BCUT2D eigenvalue weighted by Gasteiger charge is -2.30. The molecule has 3 aromatic rings. The van der Waals surface area contributed by atoms with Gasteiger partial charge in [0.05, 0.1) is 34.3 Å². The number of hydrogen-bond acceptors (Lipinski definition) is 5. The van der Waals surface area contributed by atoms with Crippen LogP contribution in [-0.4, -0.2) is 41.0 Å². The zero-order chi connectivity index (χ0) is 27.1. The second kappa shape index (κ2) is 10.3. The number of nitrogens with one attached hydrogen (secondary N) is 1. The van der Waals surface area contributed by atoms with Crippen LogP contribution in [0.2, 0.25) is 0 Å². The Bertz CT molecular complexity index is 1420. The SMILES string of the molecule is CCS(=O)(=O)c1ccc(CNC(=O)c2ccc3c(C4CC4)n(C[C@H]4CC[C@H](C(F)(F)F)CC4)nc3c2)nc1. The van der Waals surface area contributed by atoms with Crippen LogP contribution < -0.4 is 5.32 Å². The molecule has 2 saturated carbocycles. The van der Waals surface area contributed by atoms with Crippen molar-refractivity contribution in [2.45, 2.75) is 75.5 Å². The van der Waals surface area contributed by atoms with Crippen molar-refractivity contribution in [2.24, 2.45) is 11.8 Å². The fourth-order valence-electron chi connectivity index (χ4n) is 5.28. The van der Waals surface area contributed by atoms with Crippen LogP contribution in [-0.2, 0) is 22.9 Å². The molecule has 1 N–H and O–H groups in total. The van der Waals surface area contributed by atoms with Crippen LogP contribution in [0, 0.1) is 11.8 Å². The van der Waals surface area contributed by atoms with E-state index in [9.17, 15) is 26.4 Å². The van der Waals surface area contributed by atoms with Gasteiger partial charge in [0.25, 0.3) is 5.91 Å².